The number of hydrogen-bond acceptors (Lipinski definition) is 5. The zero-order valence-corrected chi connectivity index (χ0v) is 13.1. The highest BCUT2D eigenvalue weighted by atomic mass is 32.2. The highest BCUT2D eigenvalue weighted by Gasteiger charge is 2.16. The van der Waals surface area contributed by atoms with E-state index in [1.165, 1.54) is 30.8 Å². The summed E-state index contributed by atoms with van der Waals surface area (Å²) in [5.41, 5.74) is 1.57. The number of ketones is 1. The Kier molecular flexibility index (Phi) is 4.47. The van der Waals surface area contributed by atoms with E-state index < -0.39 is 0 Å². The summed E-state index contributed by atoms with van der Waals surface area (Å²) in [6.45, 7) is 1.52. The number of aromatic nitrogens is 4. The molecule has 3 rings (SSSR count). The van der Waals surface area contributed by atoms with E-state index in [1.807, 2.05) is 16.7 Å². The van der Waals surface area contributed by atoms with Crippen LogP contribution in [-0.2, 0) is 4.79 Å². The van der Waals surface area contributed by atoms with Gasteiger partial charge in [0.1, 0.15) is 11.6 Å². The maximum atomic E-state index is 13.2. The summed E-state index contributed by atoms with van der Waals surface area (Å²) in [5.74, 6) is 0.653. The quantitative estimate of drug-likeness (QED) is 0.673. The van der Waals surface area contributed by atoms with Crippen LogP contribution in [0.15, 0.2) is 53.9 Å². The van der Waals surface area contributed by atoms with Crippen molar-refractivity contribution in [2.75, 3.05) is 5.75 Å². The topological polar surface area (TPSA) is 60.7 Å². The van der Waals surface area contributed by atoms with E-state index in [4.69, 9.17) is 0 Å². The van der Waals surface area contributed by atoms with Gasteiger partial charge in [0.15, 0.2) is 11.0 Å². The Hall–Kier alpha value is -2.54. The van der Waals surface area contributed by atoms with Gasteiger partial charge < -0.3 is 0 Å². The predicted molar refractivity (Wildman–Crippen MR) is 86.0 cm³/mol. The molecular weight excluding hydrogens is 315 g/mol. The number of nitrogens with zero attached hydrogens (tertiary/aromatic N) is 4. The normalized spacial score (nSPS) is 10.7. The minimum absolute atomic E-state index is 0.0501. The van der Waals surface area contributed by atoms with Crippen LogP contribution < -0.4 is 0 Å². The van der Waals surface area contributed by atoms with E-state index in [0.29, 0.717) is 16.7 Å². The fourth-order valence-electron chi connectivity index (χ4n) is 2.04. The average Bonchev–Trinajstić information content (AvgIpc) is 2.98. The molecule has 116 valence electrons. The number of hydrogen-bond donors (Lipinski definition) is 0. The van der Waals surface area contributed by atoms with Gasteiger partial charge in [-0.25, -0.2) is 4.39 Å². The lowest BCUT2D eigenvalue weighted by Crippen LogP contribution is -2.02. The van der Waals surface area contributed by atoms with Crippen molar-refractivity contribution in [2.24, 2.45) is 0 Å². The van der Waals surface area contributed by atoms with Crippen molar-refractivity contribution in [2.45, 2.75) is 12.1 Å². The Morgan fingerprint density at radius 2 is 1.83 bits per heavy atom. The van der Waals surface area contributed by atoms with Gasteiger partial charge in [-0.05, 0) is 43.3 Å². The molecule has 0 saturated carbocycles. The van der Waals surface area contributed by atoms with Gasteiger partial charge in [-0.2, -0.15) is 0 Å². The Morgan fingerprint density at radius 3 is 2.48 bits per heavy atom. The summed E-state index contributed by atoms with van der Waals surface area (Å²) in [4.78, 5) is 15.2. The molecule has 0 aliphatic carbocycles. The molecule has 0 unspecified atom stereocenters. The molecule has 0 aliphatic heterocycles. The van der Waals surface area contributed by atoms with E-state index in [1.54, 1.807) is 24.5 Å². The van der Waals surface area contributed by atoms with Crippen LogP contribution in [0.1, 0.15) is 6.92 Å². The van der Waals surface area contributed by atoms with E-state index >= 15 is 0 Å². The number of halogens is 1. The number of carbonyl (C=O) groups excluding carboxylic acids is 1. The van der Waals surface area contributed by atoms with Gasteiger partial charge in [-0.3, -0.25) is 14.3 Å². The van der Waals surface area contributed by atoms with Crippen LogP contribution in [0, 0.1) is 5.82 Å². The van der Waals surface area contributed by atoms with Gasteiger partial charge >= 0.3 is 0 Å². The zero-order valence-electron chi connectivity index (χ0n) is 12.3. The average molecular weight is 328 g/mol. The van der Waals surface area contributed by atoms with E-state index in [-0.39, 0.29) is 11.6 Å². The smallest absolute Gasteiger partial charge is 0.196 e. The van der Waals surface area contributed by atoms with Crippen LogP contribution in [0.25, 0.3) is 17.1 Å². The van der Waals surface area contributed by atoms with Crippen molar-refractivity contribution in [1.82, 2.24) is 19.7 Å². The summed E-state index contributed by atoms with van der Waals surface area (Å²) in [6.07, 6.45) is 3.34. The molecule has 2 aromatic heterocycles. The Labute approximate surface area is 136 Å². The number of benzene rings is 1. The molecule has 7 heteroatoms. The molecule has 1 aromatic carbocycles. The lowest BCUT2D eigenvalue weighted by molar-refractivity contribution is -0.114. The molecule has 3 aromatic rings. The predicted octanol–water partition coefficient (Wildman–Crippen LogP) is 3.15. The number of Topliss-reactive ketones (excluding diaryl/α,β-unsaturated/α-hetero) is 1. The molecule has 0 amide bonds. The summed E-state index contributed by atoms with van der Waals surface area (Å²) >= 11 is 1.30. The first kappa shape index (κ1) is 15.4. The summed E-state index contributed by atoms with van der Waals surface area (Å²) in [6, 6.07) is 9.71. The molecule has 0 atom stereocenters. The molecule has 2 heterocycles. The zero-order chi connectivity index (χ0) is 16.2. The highest BCUT2D eigenvalue weighted by Crippen LogP contribution is 2.27. The lowest BCUT2D eigenvalue weighted by atomic mass is 10.2. The first-order valence-corrected chi connectivity index (χ1v) is 7.87. The van der Waals surface area contributed by atoms with Gasteiger partial charge in [-0.1, -0.05) is 11.8 Å². The van der Waals surface area contributed by atoms with Crippen LogP contribution in [-0.4, -0.2) is 31.3 Å². The number of rotatable bonds is 5. The second-order valence-electron chi connectivity index (χ2n) is 4.84. The molecule has 0 radical (unpaired) electrons. The van der Waals surface area contributed by atoms with Crippen LogP contribution >= 0.6 is 11.8 Å². The van der Waals surface area contributed by atoms with Crippen molar-refractivity contribution >= 4 is 17.5 Å². The molecule has 0 spiro atoms. The third kappa shape index (κ3) is 3.45. The minimum atomic E-state index is -0.315. The van der Waals surface area contributed by atoms with Gasteiger partial charge in [-0.15, -0.1) is 10.2 Å². The molecule has 0 fully saturated rings. The molecule has 0 N–H and O–H groups in total. The van der Waals surface area contributed by atoms with Gasteiger partial charge in [0.05, 0.1) is 5.75 Å². The van der Waals surface area contributed by atoms with Crippen molar-refractivity contribution in [1.29, 1.82) is 0 Å². The molecule has 5 nitrogen and oxygen atoms in total. The summed E-state index contributed by atoms with van der Waals surface area (Å²) in [5, 5.41) is 8.98. The second-order valence-corrected chi connectivity index (χ2v) is 5.79. The Morgan fingerprint density at radius 1 is 1.13 bits per heavy atom. The first-order chi connectivity index (χ1) is 11.1. The number of thioether (sulfide) groups is 1. The second kappa shape index (κ2) is 6.70. The highest BCUT2D eigenvalue weighted by molar-refractivity contribution is 7.99. The van der Waals surface area contributed by atoms with Crippen molar-refractivity contribution < 1.29 is 9.18 Å². The van der Waals surface area contributed by atoms with E-state index in [2.05, 4.69) is 15.2 Å². The molecule has 0 saturated heterocycles. The standard InChI is InChI=1S/C16H13FN4OS/c1-11(22)10-23-16-20-19-15(12-6-8-18-9-7-12)21(16)14-4-2-13(17)3-5-14/h2-9H,10H2,1H3. The maximum absolute atomic E-state index is 13.2. The van der Waals surface area contributed by atoms with Gasteiger partial charge in [0, 0.05) is 23.6 Å². The fraction of sp³-hybridized carbons (Fsp3) is 0.125. The van der Waals surface area contributed by atoms with Crippen LogP contribution in [0.2, 0.25) is 0 Å². The minimum Gasteiger partial charge on any atom is -0.299 e. The number of pyridine rings is 1. The SMILES string of the molecule is CC(=O)CSc1nnc(-c2ccncc2)n1-c1ccc(F)cc1. The summed E-state index contributed by atoms with van der Waals surface area (Å²) < 4.78 is 15.0. The van der Waals surface area contributed by atoms with Gasteiger partial charge in [0.25, 0.3) is 0 Å². The van der Waals surface area contributed by atoms with E-state index in [9.17, 15) is 9.18 Å². The molecule has 23 heavy (non-hydrogen) atoms. The van der Waals surface area contributed by atoms with Gasteiger partial charge in [0.2, 0.25) is 0 Å². The van der Waals surface area contributed by atoms with E-state index in [0.717, 1.165) is 11.3 Å². The molecule has 0 aliphatic rings. The van der Waals surface area contributed by atoms with Crippen molar-refractivity contribution in [3.63, 3.8) is 0 Å². The van der Waals surface area contributed by atoms with Crippen LogP contribution in [0.5, 0.6) is 0 Å². The maximum Gasteiger partial charge on any atom is 0.196 e. The van der Waals surface area contributed by atoms with Crippen LogP contribution in [0.4, 0.5) is 4.39 Å². The third-order valence-corrected chi connectivity index (χ3v) is 4.13. The lowest BCUT2D eigenvalue weighted by Gasteiger charge is -2.09. The molecular formula is C16H13FN4OS. The first-order valence-electron chi connectivity index (χ1n) is 6.89. The Bertz CT molecular complexity index is 818. The fourth-order valence-corrected chi connectivity index (χ4v) is 2.79. The van der Waals surface area contributed by atoms with Crippen molar-refractivity contribution in [3.8, 4) is 17.1 Å². The molecule has 0 bridgehead atoms. The van der Waals surface area contributed by atoms with Crippen LogP contribution in [0.3, 0.4) is 0 Å². The number of carbonyl (C=O) groups is 1. The summed E-state index contributed by atoms with van der Waals surface area (Å²) in [7, 11) is 0. The third-order valence-electron chi connectivity index (χ3n) is 3.06. The van der Waals surface area contributed by atoms with Crippen molar-refractivity contribution in [3.05, 3.63) is 54.6 Å². The monoisotopic (exact) mass is 328 g/mol. The Balaban J connectivity index is 2.10. The largest absolute Gasteiger partial charge is 0.299 e.